The van der Waals surface area contributed by atoms with Gasteiger partial charge in [0, 0.05) is 36.5 Å². The molecule has 0 spiro atoms. The molecular weight excluding hydrogens is 370 g/mol. The number of methoxy groups -OCH3 is 1. The molecule has 1 saturated carbocycles. The topological polar surface area (TPSA) is 72.8 Å². The van der Waals surface area contributed by atoms with Gasteiger partial charge in [-0.2, -0.15) is 8.78 Å². The van der Waals surface area contributed by atoms with E-state index in [1.54, 1.807) is 22.9 Å². The highest BCUT2D eigenvalue weighted by Crippen LogP contribution is 2.40. The van der Waals surface area contributed by atoms with Gasteiger partial charge in [-0.05, 0) is 30.9 Å². The Morgan fingerprint density at radius 2 is 2.04 bits per heavy atom. The van der Waals surface area contributed by atoms with Gasteiger partial charge in [-0.3, -0.25) is 9.59 Å². The zero-order valence-corrected chi connectivity index (χ0v) is 15.1. The third kappa shape index (κ3) is 3.49. The highest BCUT2D eigenvalue weighted by molar-refractivity contribution is 6.02. The number of ketones is 1. The molecule has 8 heteroatoms. The van der Waals surface area contributed by atoms with E-state index in [9.17, 15) is 18.4 Å². The zero-order chi connectivity index (χ0) is 19.8. The van der Waals surface area contributed by atoms with Gasteiger partial charge in [0.05, 0.1) is 12.8 Å². The molecule has 0 saturated heterocycles. The van der Waals surface area contributed by atoms with Crippen molar-refractivity contribution in [3.63, 3.8) is 0 Å². The number of benzene rings is 1. The molecule has 3 aromatic rings. The fourth-order valence-electron chi connectivity index (χ4n) is 3.28. The van der Waals surface area contributed by atoms with Gasteiger partial charge in [0.1, 0.15) is 22.7 Å². The molecule has 1 aliphatic carbocycles. The van der Waals surface area contributed by atoms with E-state index in [4.69, 9.17) is 4.74 Å². The lowest BCUT2D eigenvalue weighted by atomic mass is 10.00. The number of fused-ring (bicyclic) bond motifs is 1. The molecule has 2 aromatic heterocycles. The largest absolute Gasteiger partial charge is 0.496 e. The maximum absolute atomic E-state index is 13.0. The Balaban J connectivity index is 1.85. The summed E-state index contributed by atoms with van der Waals surface area (Å²) in [6.45, 7) is -3.08. The second kappa shape index (κ2) is 7.10. The van der Waals surface area contributed by atoms with Gasteiger partial charge in [-0.1, -0.05) is 0 Å². The number of nitrogens with one attached hydrogen (secondary N) is 1. The van der Waals surface area contributed by atoms with Gasteiger partial charge >= 0.3 is 6.61 Å². The van der Waals surface area contributed by atoms with Gasteiger partial charge < -0.3 is 18.9 Å². The van der Waals surface area contributed by atoms with Crippen molar-refractivity contribution in [2.75, 3.05) is 7.11 Å². The van der Waals surface area contributed by atoms with E-state index in [1.807, 2.05) is 0 Å². The van der Waals surface area contributed by atoms with Crippen LogP contribution in [-0.2, 0) is 0 Å². The quantitative estimate of drug-likeness (QED) is 0.624. The van der Waals surface area contributed by atoms with Crippen LogP contribution in [0.25, 0.3) is 16.9 Å². The summed E-state index contributed by atoms with van der Waals surface area (Å²) in [5, 5.41) is 0. The number of Topliss-reactive ketones (excluding diaryl/α,β-unsaturated/α-hetero) is 1. The Labute approximate surface area is 158 Å². The maximum Gasteiger partial charge on any atom is 0.387 e. The van der Waals surface area contributed by atoms with Gasteiger partial charge in [-0.15, -0.1) is 0 Å². The van der Waals surface area contributed by atoms with Crippen LogP contribution in [-0.4, -0.2) is 28.9 Å². The molecule has 1 fully saturated rings. The van der Waals surface area contributed by atoms with E-state index in [1.165, 1.54) is 25.3 Å². The number of nitrogens with zero attached hydrogens (tertiary/aromatic N) is 1. The minimum Gasteiger partial charge on any atom is -0.496 e. The first-order valence-electron chi connectivity index (χ1n) is 8.86. The minimum atomic E-state index is -3.08. The van der Waals surface area contributed by atoms with Crippen molar-refractivity contribution >= 4 is 11.4 Å². The van der Waals surface area contributed by atoms with Crippen LogP contribution in [0.15, 0.2) is 41.5 Å². The summed E-state index contributed by atoms with van der Waals surface area (Å²) < 4.78 is 37.8. The summed E-state index contributed by atoms with van der Waals surface area (Å²) in [6.07, 6.45) is 5.43. The van der Waals surface area contributed by atoms with Crippen LogP contribution < -0.4 is 14.9 Å². The van der Waals surface area contributed by atoms with E-state index in [2.05, 4.69) is 9.72 Å². The summed E-state index contributed by atoms with van der Waals surface area (Å²) in [5.74, 6) is -0.0227. The Kier molecular flexibility index (Phi) is 4.62. The number of carbonyl (C=O) groups excluding carboxylic acids is 1. The molecule has 1 aliphatic rings. The van der Waals surface area contributed by atoms with E-state index in [0.29, 0.717) is 22.8 Å². The molecule has 28 heavy (non-hydrogen) atoms. The molecule has 1 aromatic carbocycles. The fourth-order valence-corrected chi connectivity index (χ4v) is 3.28. The third-order valence-electron chi connectivity index (χ3n) is 4.79. The summed E-state index contributed by atoms with van der Waals surface area (Å²) in [4.78, 5) is 27.2. The number of halogens is 2. The van der Waals surface area contributed by atoms with Crippen LogP contribution in [0.1, 0.15) is 29.6 Å². The molecule has 0 aliphatic heterocycles. The lowest BCUT2D eigenvalue weighted by Crippen LogP contribution is -2.11. The Hall–Kier alpha value is -3.16. The van der Waals surface area contributed by atoms with E-state index in [0.717, 1.165) is 12.8 Å². The first-order valence-corrected chi connectivity index (χ1v) is 8.86. The first-order chi connectivity index (χ1) is 13.5. The lowest BCUT2D eigenvalue weighted by molar-refractivity contribution is -0.0502. The maximum atomic E-state index is 13.0. The number of aromatic amines is 1. The van der Waals surface area contributed by atoms with Crippen LogP contribution in [0, 0.1) is 5.92 Å². The molecular formula is C20H18F2N2O4. The van der Waals surface area contributed by atoms with Crippen molar-refractivity contribution in [2.24, 2.45) is 5.92 Å². The van der Waals surface area contributed by atoms with Gasteiger partial charge in [-0.25, -0.2) is 0 Å². The first kappa shape index (κ1) is 18.2. The van der Waals surface area contributed by atoms with Crippen LogP contribution in [0.4, 0.5) is 8.78 Å². The number of hydrogen-bond acceptors (Lipinski definition) is 4. The third-order valence-corrected chi connectivity index (χ3v) is 4.79. The smallest absolute Gasteiger partial charge is 0.387 e. The van der Waals surface area contributed by atoms with E-state index in [-0.39, 0.29) is 34.7 Å². The molecule has 146 valence electrons. The Morgan fingerprint density at radius 1 is 1.29 bits per heavy atom. The van der Waals surface area contributed by atoms with Crippen molar-refractivity contribution in [1.29, 1.82) is 0 Å². The van der Waals surface area contributed by atoms with Crippen molar-refractivity contribution in [3.8, 4) is 22.8 Å². The van der Waals surface area contributed by atoms with Gasteiger partial charge in [0.25, 0.3) is 0 Å². The number of rotatable bonds is 7. The zero-order valence-electron chi connectivity index (χ0n) is 15.1. The normalized spacial score (nSPS) is 13.9. The number of ether oxygens (including phenoxy) is 2. The Morgan fingerprint density at radius 3 is 2.71 bits per heavy atom. The molecule has 0 amide bonds. The Bertz CT molecular complexity index is 1100. The van der Waals surface area contributed by atoms with Crippen molar-refractivity contribution in [2.45, 2.75) is 25.9 Å². The average molecular weight is 388 g/mol. The SMILES string of the molecule is COc1cc(-c2c[nH]c3cc(=O)ccn23)cc(OC(F)F)c1C(=O)CC1CC1. The summed E-state index contributed by atoms with van der Waals surface area (Å²) in [6, 6.07) is 5.82. The van der Waals surface area contributed by atoms with Crippen molar-refractivity contribution < 1.29 is 23.0 Å². The predicted octanol–water partition coefficient (Wildman–Crippen LogP) is 3.89. The number of carbonyl (C=O) groups is 1. The van der Waals surface area contributed by atoms with Gasteiger partial charge in [0.2, 0.25) is 0 Å². The number of aromatic nitrogens is 2. The number of H-pyrrole nitrogens is 1. The molecule has 4 rings (SSSR count). The molecule has 1 N–H and O–H groups in total. The standard InChI is InChI=1S/C20H18F2N2O4/c1-27-16-7-12(14-10-23-18-9-13(25)4-5-24(14)18)8-17(28-20(21)22)19(16)15(26)6-11-2-3-11/h4-5,7-11,20,23H,2-3,6H2,1H3. The summed E-state index contributed by atoms with van der Waals surface area (Å²) in [7, 11) is 1.38. The lowest BCUT2D eigenvalue weighted by Gasteiger charge is -2.16. The number of imidazole rings is 1. The number of pyridine rings is 1. The second-order valence-electron chi connectivity index (χ2n) is 6.79. The summed E-state index contributed by atoms with van der Waals surface area (Å²) >= 11 is 0. The van der Waals surface area contributed by atoms with E-state index >= 15 is 0 Å². The van der Waals surface area contributed by atoms with Crippen LogP contribution in [0.3, 0.4) is 0 Å². The van der Waals surface area contributed by atoms with Crippen LogP contribution >= 0.6 is 0 Å². The molecule has 0 radical (unpaired) electrons. The van der Waals surface area contributed by atoms with Gasteiger partial charge in [0.15, 0.2) is 11.2 Å². The number of hydrogen-bond donors (Lipinski definition) is 1. The fraction of sp³-hybridized carbons (Fsp3) is 0.300. The molecule has 0 atom stereocenters. The van der Waals surface area contributed by atoms with Crippen molar-refractivity contribution in [1.82, 2.24) is 9.38 Å². The van der Waals surface area contributed by atoms with E-state index < -0.39 is 6.61 Å². The average Bonchev–Trinajstić information content (AvgIpc) is 3.36. The number of alkyl halides is 2. The molecule has 0 unspecified atom stereocenters. The van der Waals surface area contributed by atoms with Crippen molar-refractivity contribution in [3.05, 3.63) is 52.4 Å². The predicted molar refractivity (Wildman–Crippen MR) is 98.3 cm³/mol. The second-order valence-corrected chi connectivity index (χ2v) is 6.79. The highest BCUT2D eigenvalue weighted by atomic mass is 19.3. The highest BCUT2D eigenvalue weighted by Gasteiger charge is 2.29. The monoisotopic (exact) mass is 388 g/mol. The molecule has 6 nitrogen and oxygen atoms in total. The molecule has 2 heterocycles. The summed E-state index contributed by atoms with van der Waals surface area (Å²) in [5.41, 5.74) is 1.53. The molecule has 0 bridgehead atoms. The minimum absolute atomic E-state index is 0.0325. The van der Waals surface area contributed by atoms with Crippen LogP contribution in [0.5, 0.6) is 11.5 Å². The van der Waals surface area contributed by atoms with Crippen LogP contribution in [0.2, 0.25) is 0 Å².